The van der Waals surface area contributed by atoms with E-state index in [1.54, 1.807) is 0 Å². The van der Waals surface area contributed by atoms with E-state index in [9.17, 15) is 4.79 Å². The second-order valence-corrected chi connectivity index (χ2v) is 8.41. The van der Waals surface area contributed by atoms with Crippen LogP contribution in [0.2, 0.25) is 0 Å². The van der Waals surface area contributed by atoms with E-state index in [0.29, 0.717) is 19.1 Å². The van der Waals surface area contributed by atoms with Crippen molar-refractivity contribution in [2.45, 2.75) is 70.6 Å². The summed E-state index contributed by atoms with van der Waals surface area (Å²) in [5.74, 6) is 0.970. The summed E-state index contributed by atoms with van der Waals surface area (Å²) in [7, 11) is 1.83. The molecule has 3 rings (SSSR count). The van der Waals surface area contributed by atoms with E-state index in [2.05, 4.69) is 26.6 Å². The van der Waals surface area contributed by atoms with Crippen molar-refractivity contribution < 1.29 is 14.3 Å². The summed E-state index contributed by atoms with van der Waals surface area (Å²) in [4.78, 5) is 18.6. The molecule has 1 aromatic carbocycles. The fourth-order valence-electron chi connectivity index (χ4n) is 4.14. The fourth-order valence-corrected chi connectivity index (χ4v) is 4.14. The second-order valence-electron chi connectivity index (χ2n) is 8.41. The number of aliphatic imine (C=N–C) groups is 1. The molecule has 0 saturated carbocycles. The van der Waals surface area contributed by atoms with E-state index in [0.717, 1.165) is 69.2 Å². The molecule has 0 aromatic heterocycles. The fraction of sp³-hybridized carbons (Fsp3) is 0.667. The Hall–Kier alpha value is -1.39. The first-order valence-corrected chi connectivity index (χ1v) is 11.8. The second kappa shape index (κ2) is 14.7. The Morgan fingerprint density at radius 1 is 1.25 bits per heavy atom. The van der Waals surface area contributed by atoms with Gasteiger partial charge in [0.05, 0.1) is 18.8 Å². The maximum atomic E-state index is 11.8. The zero-order chi connectivity index (χ0) is 21.9. The molecule has 7 nitrogen and oxygen atoms in total. The van der Waals surface area contributed by atoms with Crippen LogP contribution >= 0.6 is 24.0 Å². The number of ether oxygens (including phenoxy) is 2. The van der Waals surface area contributed by atoms with Crippen LogP contribution in [-0.2, 0) is 20.8 Å². The van der Waals surface area contributed by atoms with Crippen LogP contribution in [0.3, 0.4) is 0 Å². The highest BCUT2D eigenvalue weighted by Crippen LogP contribution is 2.18. The third kappa shape index (κ3) is 8.86. The first-order valence-electron chi connectivity index (χ1n) is 11.8. The van der Waals surface area contributed by atoms with Crippen LogP contribution in [0.4, 0.5) is 5.69 Å². The first kappa shape index (κ1) is 26.9. The molecule has 0 aliphatic carbocycles. The lowest BCUT2D eigenvalue weighted by molar-refractivity contribution is -0.116. The molecule has 32 heavy (non-hydrogen) atoms. The van der Waals surface area contributed by atoms with Gasteiger partial charge in [-0.15, -0.1) is 24.0 Å². The Balaban J connectivity index is 0.00000363. The highest BCUT2D eigenvalue weighted by molar-refractivity contribution is 14.0. The van der Waals surface area contributed by atoms with Crippen molar-refractivity contribution in [2.75, 3.05) is 38.7 Å². The summed E-state index contributed by atoms with van der Waals surface area (Å²) in [6, 6.07) is 7.97. The van der Waals surface area contributed by atoms with Crippen LogP contribution in [-0.4, -0.2) is 62.3 Å². The lowest BCUT2D eigenvalue weighted by Gasteiger charge is -2.35. The third-order valence-electron chi connectivity index (χ3n) is 5.88. The summed E-state index contributed by atoms with van der Waals surface area (Å²) < 4.78 is 11.9. The van der Waals surface area contributed by atoms with Crippen LogP contribution in [0, 0.1) is 0 Å². The summed E-state index contributed by atoms with van der Waals surface area (Å²) >= 11 is 0. The van der Waals surface area contributed by atoms with Crippen LogP contribution in [0.5, 0.6) is 0 Å². The van der Waals surface area contributed by atoms with Gasteiger partial charge in [0, 0.05) is 45.4 Å². The first-order chi connectivity index (χ1) is 15.2. The van der Waals surface area contributed by atoms with E-state index in [-0.39, 0.29) is 36.0 Å². The zero-order valence-electron chi connectivity index (χ0n) is 19.5. The van der Waals surface area contributed by atoms with E-state index in [1.807, 2.05) is 32.2 Å². The Kier molecular flexibility index (Phi) is 12.3. The van der Waals surface area contributed by atoms with Crippen molar-refractivity contribution in [3.63, 3.8) is 0 Å². The topological polar surface area (TPSA) is 75.2 Å². The van der Waals surface area contributed by atoms with E-state index >= 15 is 0 Å². The molecular formula is C24H39IN4O3. The van der Waals surface area contributed by atoms with Crippen molar-refractivity contribution in [2.24, 2.45) is 4.99 Å². The van der Waals surface area contributed by atoms with Gasteiger partial charge in [0.1, 0.15) is 0 Å². The number of nitrogens with zero attached hydrogens (tertiary/aromatic N) is 2. The number of hydrogen-bond acceptors (Lipinski definition) is 4. The minimum atomic E-state index is 0. The minimum absolute atomic E-state index is 0. The maximum absolute atomic E-state index is 11.8. The average Bonchev–Trinajstić information content (AvgIpc) is 2.80. The van der Waals surface area contributed by atoms with E-state index in [1.165, 1.54) is 12.8 Å². The van der Waals surface area contributed by atoms with Crippen molar-refractivity contribution >= 4 is 41.5 Å². The van der Waals surface area contributed by atoms with Gasteiger partial charge in [-0.2, -0.15) is 0 Å². The summed E-state index contributed by atoms with van der Waals surface area (Å²) in [6.07, 6.45) is 7.55. The molecule has 2 saturated heterocycles. The number of piperidine rings is 1. The van der Waals surface area contributed by atoms with Crippen molar-refractivity contribution in [1.29, 1.82) is 0 Å². The van der Waals surface area contributed by atoms with Crippen molar-refractivity contribution in [3.8, 4) is 0 Å². The van der Waals surface area contributed by atoms with Gasteiger partial charge in [0.25, 0.3) is 0 Å². The number of benzene rings is 1. The standard InChI is InChI=1S/C24H38N4O3.HI/c1-3-7-23(29)27-20-9-6-8-19(16-20)17-26-24(25-2)28-13-11-21(12-14-28)31-18-22-10-4-5-15-30-22;/h6,8-9,16,21-22H,3-5,7,10-15,17-18H2,1-2H3,(H,25,26)(H,27,29);1H. The van der Waals surface area contributed by atoms with Gasteiger partial charge in [-0.3, -0.25) is 9.79 Å². The maximum Gasteiger partial charge on any atom is 0.224 e. The van der Waals surface area contributed by atoms with Gasteiger partial charge in [0.2, 0.25) is 5.91 Å². The molecule has 1 aromatic rings. The molecule has 2 fully saturated rings. The van der Waals surface area contributed by atoms with Crippen molar-refractivity contribution in [1.82, 2.24) is 10.2 Å². The van der Waals surface area contributed by atoms with Crippen LogP contribution in [0.25, 0.3) is 0 Å². The molecular weight excluding hydrogens is 519 g/mol. The third-order valence-corrected chi connectivity index (χ3v) is 5.88. The minimum Gasteiger partial charge on any atom is -0.376 e. The quantitative estimate of drug-likeness (QED) is 0.285. The van der Waals surface area contributed by atoms with Crippen LogP contribution in [0.15, 0.2) is 29.3 Å². The number of amides is 1. The molecule has 2 aliphatic rings. The molecule has 1 amide bonds. The van der Waals surface area contributed by atoms with Gasteiger partial charge < -0.3 is 25.0 Å². The van der Waals surface area contributed by atoms with Gasteiger partial charge in [0.15, 0.2) is 5.96 Å². The summed E-state index contributed by atoms with van der Waals surface area (Å²) in [5, 5.41) is 6.42. The lowest BCUT2D eigenvalue weighted by atomic mass is 10.1. The molecule has 2 N–H and O–H groups in total. The largest absolute Gasteiger partial charge is 0.376 e. The smallest absolute Gasteiger partial charge is 0.224 e. The lowest BCUT2D eigenvalue weighted by Crippen LogP contribution is -2.47. The molecule has 0 bridgehead atoms. The van der Waals surface area contributed by atoms with Gasteiger partial charge in [-0.05, 0) is 56.2 Å². The van der Waals surface area contributed by atoms with Gasteiger partial charge in [-0.1, -0.05) is 19.1 Å². The molecule has 8 heteroatoms. The molecule has 180 valence electrons. The monoisotopic (exact) mass is 558 g/mol. The Morgan fingerprint density at radius 3 is 2.75 bits per heavy atom. The normalized spacial score (nSPS) is 19.9. The number of hydrogen-bond donors (Lipinski definition) is 2. The molecule has 2 aliphatic heterocycles. The van der Waals surface area contributed by atoms with E-state index < -0.39 is 0 Å². The van der Waals surface area contributed by atoms with Crippen LogP contribution < -0.4 is 10.6 Å². The van der Waals surface area contributed by atoms with Crippen molar-refractivity contribution in [3.05, 3.63) is 29.8 Å². The SMILES string of the molecule is CCCC(=O)Nc1cccc(CNC(=NC)N2CCC(OCC3CCCCO3)CC2)c1.I. The number of nitrogens with one attached hydrogen (secondary N) is 2. The number of likely N-dealkylation sites (tertiary alicyclic amines) is 1. The van der Waals surface area contributed by atoms with E-state index in [4.69, 9.17) is 9.47 Å². The zero-order valence-corrected chi connectivity index (χ0v) is 21.8. The highest BCUT2D eigenvalue weighted by Gasteiger charge is 2.23. The Bertz CT molecular complexity index is 717. The Morgan fingerprint density at radius 2 is 2.06 bits per heavy atom. The molecule has 0 radical (unpaired) electrons. The summed E-state index contributed by atoms with van der Waals surface area (Å²) in [6.45, 7) is 6.14. The average molecular weight is 559 g/mol. The number of rotatable bonds is 8. The predicted molar refractivity (Wildman–Crippen MR) is 140 cm³/mol. The number of guanidine groups is 1. The van der Waals surface area contributed by atoms with Gasteiger partial charge in [-0.25, -0.2) is 0 Å². The molecule has 2 heterocycles. The molecule has 1 unspecified atom stereocenters. The predicted octanol–water partition coefficient (Wildman–Crippen LogP) is 4.17. The van der Waals surface area contributed by atoms with Crippen LogP contribution in [0.1, 0.15) is 57.4 Å². The summed E-state index contributed by atoms with van der Waals surface area (Å²) in [5.41, 5.74) is 1.95. The van der Waals surface area contributed by atoms with Gasteiger partial charge >= 0.3 is 0 Å². The number of carbonyl (C=O) groups is 1. The number of halogens is 1. The highest BCUT2D eigenvalue weighted by atomic mass is 127. The number of anilines is 1. The Labute approximate surface area is 209 Å². The number of carbonyl (C=O) groups excluding carboxylic acids is 1. The molecule has 1 atom stereocenters. The molecule has 0 spiro atoms.